The summed E-state index contributed by atoms with van der Waals surface area (Å²) in [6.45, 7) is 6.77. The number of nitrogens with one attached hydrogen (secondary N) is 2. The van der Waals surface area contributed by atoms with Crippen LogP contribution in [-0.2, 0) is 9.59 Å². The summed E-state index contributed by atoms with van der Waals surface area (Å²) in [6.07, 6.45) is 3.12. The van der Waals surface area contributed by atoms with Gasteiger partial charge >= 0.3 is 0 Å². The van der Waals surface area contributed by atoms with Crippen molar-refractivity contribution in [2.24, 2.45) is 5.73 Å². The fourth-order valence-electron chi connectivity index (χ4n) is 2.34. The molecule has 4 N–H and O–H groups in total. The fraction of sp³-hybridized carbons (Fsp3) is 0.857. The van der Waals surface area contributed by atoms with Gasteiger partial charge in [-0.05, 0) is 26.2 Å². The van der Waals surface area contributed by atoms with Gasteiger partial charge in [-0.3, -0.25) is 14.5 Å². The first-order valence-electron chi connectivity index (χ1n) is 7.55. The quantitative estimate of drug-likeness (QED) is 0.625. The number of hydrogen-bond donors (Lipinski definition) is 3. The van der Waals surface area contributed by atoms with E-state index < -0.39 is 0 Å². The van der Waals surface area contributed by atoms with Crippen molar-refractivity contribution >= 4 is 36.6 Å². The van der Waals surface area contributed by atoms with Gasteiger partial charge in [0.15, 0.2) is 0 Å². The van der Waals surface area contributed by atoms with Gasteiger partial charge in [0, 0.05) is 38.1 Å². The molecule has 0 saturated carbocycles. The summed E-state index contributed by atoms with van der Waals surface area (Å²) < 4.78 is 0. The Labute approximate surface area is 145 Å². The predicted molar refractivity (Wildman–Crippen MR) is 93.7 cm³/mol. The largest absolute Gasteiger partial charge is 0.355 e. The Morgan fingerprint density at radius 1 is 1.23 bits per heavy atom. The van der Waals surface area contributed by atoms with Crippen LogP contribution in [0.5, 0.6) is 0 Å². The molecule has 0 aromatic heterocycles. The van der Waals surface area contributed by atoms with E-state index in [1.807, 2.05) is 13.8 Å². The highest BCUT2D eigenvalue weighted by atomic mass is 35.5. The fourth-order valence-corrected chi connectivity index (χ4v) is 2.34. The summed E-state index contributed by atoms with van der Waals surface area (Å²) in [7, 11) is 0. The van der Waals surface area contributed by atoms with E-state index in [0.717, 1.165) is 38.9 Å². The topological polar surface area (TPSA) is 87.5 Å². The first-order valence-corrected chi connectivity index (χ1v) is 7.55. The van der Waals surface area contributed by atoms with Crippen LogP contribution in [0.4, 0.5) is 0 Å². The zero-order chi connectivity index (χ0) is 15.0. The molecule has 22 heavy (non-hydrogen) atoms. The number of carbonyl (C=O) groups excluding carboxylic acids is 2. The Morgan fingerprint density at radius 2 is 1.82 bits per heavy atom. The van der Waals surface area contributed by atoms with E-state index in [9.17, 15) is 9.59 Å². The molecule has 0 radical (unpaired) electrons. The van der Waals surface area contributed by atoms with Gasteiger partial charge in [-0.15, -0.1) is 24.8 Å². The first kappa shape index (κ1) is 23.7. The van der Waals surface area contributed by atoms with Crippen LogP contribution in [0.2, 0.25) is 0 Å². The minimum atomic E-state index is -0.0997. The smallest absolute Gasteiger partial charge is 0.234 e. The Kier molecular flexibility index (Phi) is 13.9. The zero-order valence-electron chi connectivity index (χ0n) is 13.5. The summed E-state index contributed by atoms with van der Waals surface area (Å²) >= 11 is 0. The maximum absolute atomic E-state index is 11.6. The lowest BCUT2D eigenvalue weighted by Crippen LogP contribution is -2.48. The number of likely N-dealkylation sites (tertiary alicyclic amines) is 1. The average molecular weight is 357 g/mol. The summed E-state index contributed by atoms with van der Waals surface area (Å²) in [5.41, 5.74) is 5.60. The normalized spacial score (nSPS) is 16.9. The molecule has 1 saturated heterocycles. The van der Waals surface area contributed by atoms with Crippen molar-refractivity contribution < 1.29 is 9.59 Å². The first-order chi connectivity index (χ1) is 9.51. The summed E-state index contributed by atoms with van der Waals surface area (Å²) in [5, 5.41) is 5.89. The summed E-state index contributed by atoms with van der Waals surface area (Å²) in [5.74, 6) is 0.116. The van der Waals surface area contributed by atoms with Gasteiger partial charge in [0.1, 0.15) is 0 Å². The van der Waals surface area contributed by atoms with Crippen molar-refractivity contribution in [3.8, 4) is 0 Å². The van der Waals surface area contributed by atoms with E-state index in [-0.39, 0.29) is 48.7 Å². The molecule has 8 heteroatoms. The van der Waals surface area contributed by atoms with Crippen molar-refractivity contribution in [2.75, 3.05) is 26.2 Å². The van der Waals surface area contributed by atoms with E-state index in [0.29, 0.717) is 13.0 Å². The third-order valence-corrected chi connectivity index (χ3v) is 3.40. The zero-order valence-corrected chi connectivity index (χ0v) is 15.1. The van der Waals surface area contributed by atoms with Gasteiger partial charge in [-0.1, -0.05) is 6.92 Å². The molecule has 0 bridgehead atoms. The van der Waals surface area contributed by atoms with Crippen LogP contribution in [-0.4, -0.2) is 55.0 Å². The summed E-state index contributed by atoms with van der Waals surface area (Å²) in [6, 6.07) is 0.119. The van der Waals surface area contributed by atoms with Crippen molar-refractivity contribution in [1.82, 2.24) is 15.5 Å². The molecule has 1 unspecified atom stereocenters. The molecule has 6 nitrogen and oxygen atoms in total. The van der Waals surface area contributed by atoms with Gasteiger partial charge < -0.3 is 16.4 Å². The van der Waals surface area contributed by atoms with E-state index >= 15 is 0 Å². The van der Waals surface area contributed by atoms with Gasteiger partial charge in [0.25, 0.3) is 0 Å². The van der Waals surface area contributed by atoms with Crippen LogP contribution < -0.4 is 16.4 Å². The number of halogens is 2. The molecule has 1 heterocycles. The predicted octanol–water partition coefficient (Wildman–Crippen LogP) is 0.674. The molecule has 1 aliphatic heterocycles. The number of nitrogens with two attached hydrogens (primary N) is 1. The Bertz CT molecular complexity index is 322. The monoisotopic (exact) mass is 356 g/mol. The molecule has 0 spiro atoms. The molecule has 132 valence electrons. The lowest BCUT2D eigenvalue weighted by molar-refractivity contribution is -0.124. The number of piperidine rings is 1. The molecule has 1 atom stereocenters. The highest BCUT2D eigenvalue weighted by Crippen LogP contribution is 2.10. The molecule has 0 aromatic carbocycles. The Hall–Kier alpha value is -0.560. The highest BCUT2D eigenvalue weighted by molar-refractivity contribution is 5.85. The van der Waals surface area contributed by atoms with E-state index in [2.05, 4.69) is 15.5 Å². The average Bonchev–Trinajstić information content (AvgIpc) is 2.37. The maximum atomic E-state index is 11.6. The molecule has 0 aliphatic carbocycles. The van der Waals surface area contributed by atoms with E-state index in [1.165, 1.54) is 0 Å². The van der Waals surface area contributed by atoms with Crippen molar-refractivity contribution in [1.29, 1.82) is 0 Å². The number of nitrogens with zero attached hydrogens (tertiary/aromatic N) is 1. The molecule has 1 rings (SSSR count). The SMILES string of the molecule is CCCNC(=O)CN1CCC(NC(=O)CC(C)N)CC1.Cl.Cl. The highest BCUT2D eigenvalue weighted by Gasteiger charge is 2.22. The third kappa shape index (κ3) is 10.2. The lowest BCUT2D eigenvalue weighted by atomic mass is 10.0. The molecule has 1 aliphatic rings. The van der Waals surface area contributed by atoms with E-state index in [4.69, 9.17) is 5.73 Å². The van der Waals surface area contributed by atoms with Crippen LogP contribution >= 0.6 is 24.8 Å². The molecule has 2 amide bonds. The van der Waals surface area contributed by atoms with Gasteiger partial charge in [0.2, 0.25) is 11.8 Å². The minimum absolute atomic E-state index is 0. The number of carbonyl (C=O) groups is 2. The third-order valence-electron chi connectivity index (χ3n) is 3.40. The van der Waals surface area contributed by atoms with E-state index in [1.54, 1.807) is 0 Å². The Balaban J connectivity index is 0. The van der Waals surface area contributed by atoms with Crippen LogP contribution in [0.25, 0.3) is 0 Å². The molecular weight excluding hydrogens is 327 g/mol. The lowest BCUT2D eigenvalue weighted by Gasteiger charge is -2.32. The standard InChI is InChI=1S/C14H28N4O2.2ClH/c1-3-6-16-14(20)10-18-7-4-12(5-8-18)17-13(19)9-11(2)15;;/h11-12H,3-10,15H2,1-2H3,(H,16,20)(H,17,19);2*1H. The van der Waals surface area contributed by atoms with Crippen LogP contribution in [0.3, 0.4) is 0 Å². The Morgan fingerprint density at radius 3 is 2.32 bits per heavy atom. The number of hydrogen-bond acceptors (Lipinski definition) is 4. The minimum Gasteiger partial charge on any atom is -0.355 e. The van der Waals surface area contributed by atoms with Crippen LogP contribution in [0.15, 0.2) is 0 Å². The number of amides is 2. The van der Waals surface area contributed by atoms with Crippen LogP contribution in [0.1, 0.15) is 39.5 Å². The summed E-state index contributed by atoms with van der Waals surface area (Å²) in [4.78, 5) is 25.4. The van der Waals surface area contributed by atoms with Gasteiger partial charge in [-0.2, -0.15) is 0 Å². The van der Waals surface area contributed by atoms with Crippen molar-refractivity contribution in [3.63, 3.8) is 0 Å². The van der Waals surface area contributed by atoms with Crippen LogP contribution in [0, 0.1) is 0 Å². The molecular formula is C14H30Cl2N4O2. The van der Waals surface area contributed by atoms with Gasteiger partial charge in [-0.25, -0.2) is 0 Å². The second-order valence-corrected chi connectivity index (χ2v) is 5.65. The van der Waals surface area contributed by atoms with Gasteiger partial charge in [0.05, 0.1) is 6.54 Å². The van der Waals surface area contributed by atoms with Crippen molar-refractivity contribution in [3.05, 3.63) is 0 Å². The second-order valence-electron chi connectivity index (χ2n) is 5.65. The number of rotatable bonds is 7. The van der Waals surface area contributed by atoms with Crippen molar-refractivity contribution in [2.45, 2.75) is 51.6 Å². The molecule has 1 fully saturated rings. The second kappa shape index (κ2) is 12.9. The maximum Gasteiger partial charge on any atom is 0.234 e. The molecule has 0 aromatic rings.